The second kappa shape index (κ2) is 4.78. The number of aliphatic hydroxyl groups is 1. The zero-order valence-corrected chi connectivity index (χ0v) is 13.7. The minimum Gasteiger partial charge on any atom is -0.465 e. The van der Waals surface area contributed by atoms with Crippen molar-refractivity contribution >= 4 is 23.3 Å². The van der Waals surface area contributed by atoms with Gasteiger partial charge in [-0.3, -0.25) is 9.69 Å². The van der Waals surface area contributed by atoms with Gasteiger partial charge in [-0.25, -0.2) is 0 Å². The molecule has 0 radical (unpaired) electrons. The van der Waals surface area contributed by atoms with Gasteiger partial charge in [0.2, 0.25) is 5.91 Å². The first-order valence-corrected chi connectivity index (χ1v) is 8.10. The summed E-state index contributed by atoms with van der Waals surface area (Å²) < 4.78 is 5.86. The number of ether oxygens (including phenoxy) is 1. The summed E-state index contributed by atoms with van der Waals surface area (Å²) in [5.41, 5.74) is -0.291. The molecule has 1 spiro atoms. The van der Waals surface area contributed by atoms with Gasteiger partial charge in [-0.15, -0.1) is 0 Å². The highest BCUT2D eigenvalue weighted by Crippen LogP contribution is 2.65. The third kappa shape index (κ3) is 1.83. The van der Waals surface area contributed by atoms with Crippen molar-refractivity contribution in [3.05, 3.63) is 12.2 Å². The summed E-state index contributed by atoms with van der Waals surface area (Å²) in [5.74, 6) is 0.463. The Morgan fingerprint density at radius 1 is 1.62 bits per heavy atom. The normalized spacial score (nSPS) is 37.9. The van der Waals surface area contributed by atoms with Gasteiger partial charge in [0.25, 0.3) is 5.17 Å². The predicted octanol–water partition coefficient (Wildman–Crippen LogP) is 2.40. The van der Waals surface area contributed by atoms with E-state index >= 15 is 0 Å². The van der Waals surface area contributed by atoms with E-state index in [9.17, 15) is 9.90 Å². The smallest absolute Gasteiger partial charge is 0.267 e. The van der Waals surface area contributed by atoms with E-state index in [4.69, 9.17) is 17.0 Å². The Balaban J connectivity index is 1.90. The van der Waals surface area contributed by atoms with Crippen LogP contribution < -0.4 is 0 Å². The molecule has 116 valence electrons. The van der Waals surface area contributed by atoms with Gasteiger partial charge in [-0.2, -0.15) is 0 Å². The zero-order valence-electron chi connectivity index (χ0n) is 12.8. The molecule has 2 aliphatic carbocycles. The number of hydrogen-bond acceptors (Lipinski definition) is 4. The number of amides is 1. The van der Waals surface area contributed by atoms with Crippen molar-refractivity contribution in [3.63, 3.8) is 0 Å². The first kappa shape index (κ1) is 15.0. The topological polar surface area (TPSA) is 49.8 Å². The molecule has 1 N–H and O–H groups in total. The summed E-state index contributed by atoms with van der Waals surface area (Å²) in [6, 6.07) is 0. The average molecular weight is 309 g/mol. The summed E-state index contributed by atoms with van der Waals surface area (Å²) >= 11 is 5.33. The molecule has 1 amide bonds. The lowest BCUT2D eigenvalue weighted by Gasteiger charge is -2.42. The van der Waals surface area contributed by atoms with Gasteiger partial charge in [0.15, 0.2) is 0 Å². The second-order valence-corrected chi connectivity index (χ2v) is 7.37. The standard InChI is InChI=1S/C16H23NO3S/c1-4-5-11(18)9-13(19)17-14(21)20-12-8-10-6-7-16(12,17)15(10,2)3/h4-5,10-12,18H,6-9H2,1-3H3/b5-4+/t10-,11+,12-,16+/m1/s1. The van der Waals surface area contributed by atoms with Crippen LogP contribution in [0.2, 0.25) is 0 Å². The molecule has 2 bridgehead atoms. The molecule has 0 unspecified atom stereocenters. The molecule has 3 rings (SSSR count). The predicted molar refractivity (Wildman–Crippen MR) is 83.6 cm³/mol. The van der Waals surface area contributed by atoms with Crippen molar-refractivity contribution in [1.29, 1.82) is 0 Å². The van der Waals surface area contributed by atoms with E-state index in [0.29, 0.717) is 11.1 Å². The molecule has 0 aromatic heterocycles. The zero-order chi connectivity index (χ0) is 15.4. The Labute approximate surface area is 131 Å². The van der Waals surface area contributed by atoms with Gasteiger partial charge < -0.3 is 9.84 Å². The molecule has 1 aliphatic heterocycles. The van der Waals surface area contributed by atoms with Crippen LogP contribution in [-0.4, -0.2) is 38.8 Å². The van der Waals surface area contributed by atoms with Gasteiger partial charge >= 0.3 is 0 Å². The van der Waals surface area contributed by atoms with E-state index in [1.165, 1.54) is 0 Å². The number of aliphatic hydroxyl groups excluding tert-OH is 1. The van der Waals surface area contributed by atoms with Crippen LogP contribution in [0.1, 0.15) is 46.5 Å². The maximum Gasteiger partial charge on any atom is 0.267 e. The number of thiocarbonyl (C=S) groups is 1. The molecule has 0 aromatic rings. The first-order chi connectivity index (χ1) is 9.84. The van der Waals surface area contributed by atoms with Crippen LogP contribution >= 0.6 is 12.2 Å². The van der Waals surface area contributed by atoms with Crippen molar-refractivity contribution < 1.29 is 14.6 Å². The van der Waals surface area contributed by atoms with Crippen molar-refractivity contribution in [2.45, 2.75) is 64.2 Å². The van der Waals surface area contributed by atoms with E-state index in [1.807, 2.05) is 6.92 Å². The van der Waals surface area contributed by atoms with Gasteiger partial charge in [0.05, 0.1) is 18.1 Å². The van der Waals surface area contributed by atoms with E-state index in [0.717, 1.165) is 19.3 Å². The molecule has 5 heteroatoms. The second-order valence-electron chi connectivity index (χ2n) is 7.02. The van der Waals surface area contributed by atoms with Gasteiger partial charge in [0.1, 0.15) is 6.10 Å². The summed E-state index contributed by atoms with van der Waals surface area (Å²) in [5, 5.41) is 10.2. The molecular weight excluding hydrogens is 286 g/mol. The van der Waals surface area contributed by atoms with Crippen molar-refractivity contribution in [2.24, 2.45) is 11.3 Å². The van der Waals surface area contributed by atoms with Crippen LogP contribution in [-0.2, 0) is 9.53 Å². The summed E-state index contributed by atoms with van der Waals surface area (Å²) in [7, 11) is 0. The van der Waals surface area contributed by atoms with Crippen molar-refractivity contribution in [1.82, 2.24) is 4.90 Å². The van der Waals surface area contributed by atoms with E-state index < -0.39 is 6.10 Å². The highest BCUT2D eigenvalue weighted by atomic mass is 32.1. The Kier molecular flexibility index (Phi) is 3.41. The number of carbonyl (C=O) groups excluding carboxylic acids is 1. The Morgan fingerprint density at radius 2 is 2.33 bits per heavy atom. The molecule has 3 fully saturated rings. The van der Waals surface area contributed by atoms with Gasteiger partial charge in [0, 0.05) is 0 Å². The fraction of sp³-hybridized carbons (Fsp3) is 0.750. The van der Waals surface area contributed by atoms with Crippen LogP contribution in [0, 0.1) is 11.3 Å². The molecule has 3 aliphatic rings. The minimum absolute atomic E-state index is 0.0133. The van der Waals surface area contributed by atoms with Crippen LogP contribution in [0.5, 0.6) is 0 Å². The molecule has 21 heavy (non-hydrogen) atoms. The van der Waals surface area contributed by atoms with Gasteiger partial charge in [-0.1, -0.05) is 26.0 Å². The number of hydrogen-bond donors (Lipinski definition) is 1. The number of fused-ring (bicyclic) bond motifs is 1. The maximum absolute atomic E-state index is 12.7. The average Bonchev–Trinajstić information content (AvgIpc) is 2.89. The lowest BCUT2D eigenvalue weighted by molar-refractivity contribution is -0.135. The fourth-order valence-electron chi connectivity index (χ4n) is 4.78. The fourth-order valence-corrected chi connectivity index (χ4v) is 5.16. The number of rotatable bonds is 3. The lowest BCUT2D eigenvalue weighted by atomic mass is 9.74. The SMILES string of the molecule is C/C=C/[C@H](O)CC(=O)N1C(=S)O[C@@H]2C[C@H]3CC[C@@]21C3(C)C. The summed E-state index contributed by atoms with van der Waals surface area (Å²) in [4.78, 5) is 14.4. The molecule has 0 aromatic carbocycles. The van der Waals surface area contributed by atoms with Crippen LogP contribution in [0.25, 0.3) is 0 Å². The monoisotopic (exact) mass is 309 g/mol. The van der Waals surface area contributed by atoms with E-state index in [2.05, 4.69) is 13.8 Å². The van der Waals surface area contributed by atoms with Crippen molar-refractivity contribution in [2.75, 3.05) is 0 Å². The van der Waals surface area contributed by atoms with E-state index in [1.54, 1.807) is 17.1 Å². The summed E-state index contributed by atoms with van der Waals surface area (Å²) in [6.45, 7) is 6.28. The quantitative estimate of drug-likeness (QED) is 0.642. The number of carbonyl (C=O) groups is 1. The van der Waals surface area contributed by atoms with Crippen LogP contribution in [0.15, 0.2) is 12.2 Å². The molecule has 1 heterocycles. The highest BCUT2D eigenvalue weighted by Gasteiger charge is 2.72. The first-order valence-electron chi connectivity index (χ1n) is 7.69. The van der Waals surface area contributed by atoms with Crippen LogP contribution in [0.4, 0.5) is 0 Å². The number of allylic oxidation sites excluding steroid dienone is 1. The Morgan fingerprint density at radius 3 is 2.95 bits per heavy atom. The highest BCUT2D eigenvalue weighted by molar-refractivity contribution is 7.80. The van der Waals surface area contributed by atoms with Crippen molar-refractivity contribution in [3.8, 4) is 0 Å². The van der Waals surface area contributed by atoms with Gasteiger partial charge in [-0.05, 0) is 49.7 Å². The molecule has 4 nitrogen and oxygen atoms in total. The largest absolute Gasteiger partial charge is 0.465 e. The Bertz CT molecular complexity index is 516. The van der Waals surface area contributed by atoms with E-state index in [-0.39, 0.29) is 29.4 Å². The third-order valence-electron chi connectivity index (χ3n) is 5.91. The Hall–Kier alpha value is -0.940. The summed E-state index contributed by atoms with van der Waals surface area (Å²) in [6.07, 6.45) is 5.76. The lowest BCUT2D eigenvalue weighted by Crippen LogP contribution is -2.57. The molecule has 4 atom stereocenters. The minimum atomic E-state index is -0.762. The molecule has 2 saturated carbocycles. The molecular formula is C16H23NO3S. The molecule has 1 saturated heterocycles. The maximum atomic E-state index is 12.7. The number of nitrogens with zero attached hydrogens (tertiary/aromatic N) is 1. The van der Waals surface area contributed by atoms with Crippen LogP contribution in [0.3, 0.4) is 0 Å². The third-order valence-corrected chi connectivity index (χ3v) is 6.19.